The number of nitrogens with zero attached hydrogens (tertiary/aromatic N) is 2. The number of aryl methyl sites for hydroxylation is 1. The Morgan fingerprint density at radius 3 is 2.52 bits per heavy atom. The zero-order valence-electron chi connectivity index (χ0n) is 12.0. The van der Waals surface area contributed by atoms with E-state index in [2.05, 4.69) is 15.3 Å². The Kier molecular flexibility index (Phi) is 3.52. The van der Waals surface area contributed by atoms with Crippen LogP contribution in [0.15, 0.2) is 48.8 Å². The van der Waals surface area contributed by atoms with Gasteiger partial charge in [0.15, 0.2) is 0 Å². The predicted octanol–water partition coefficient (Wildman–Crippen LogP) is 4.25. The first kappa shape index (κ1) is 13.5. The highest BCUT2D eigenvalue weighted by molar-refractivity contribution is 5.78. The van der Waals surface area contributed by atoms with E-state index in [1.165, 1.54) is 0 Å². The highest BCUT2D eigenvalue weighted by atomic mass is 19.1. The van der Waals surface area contributed by atoms with Gasteiger partial charge in [0.2, 0.25) is 0 Å². The summed E-state index contributed by atoms with van der Waals surface area (Å²) in [6, 6.07) is 11.2. The maximum Gasteiger partial charge on any atom is 0.126 e. The molecule has 106 valence electrons. The molecule has 0 aliphatic carbocycles. The number of nitrogens with one attached hydrogen (secondary N) is 1. The molecular formula is C17H16FN3. The van der Waals surface area contributed by atoms with Gasteiger partial charge in [0.1, 0.15) is 5.82 Å². The van der Waals surface area contributed by atoms with Gasteiger partial charge in [-0.25, -0.2) is 4.39 Å². The van der Waals surface area contributed by atoms with Gasteiger partial charge < -0.3 is 5.32 Å². The van der Waals surface area contributed by atoms with Crippen molar-refractivity contribution in [3.05, 3.63) is 65.7 Å². The van der Waals surface area contributed by atoms with Crippen LogP contribution in [0.25, 0.3) is 11.0 Å². The fraction of sp³-hybridized carbons (Fsp3) is 0.176. The summed E-state index contributed by atoms with van der Waals surface area (Å²) in [7, 11) is 0. The molecule has 0 fully saturated rings. The molecule has 1 atom stereocenters. The van der Waals surface area contributed by atoms with E-state index in [0.29, 0.717) is 5.56 Å². The van der Waals surface area contributed by atoms with Gasteiger partial charge in [0.25, 0.3) is 0 Å². The van der Waals surface area contributed by atoms with E-state index in [1.54, 1.807) is 31.5 Å². The minimum atomic E-state index is -0.175. The summed E-state index contributed by atoms with van der Waals surface area (Å²) < 4.78 is 13.6. The SMILES string of the molecule is Cc1ccc(C(C)Nc2ccc3nccnc3c2)cc1F. The molecule has 0 aliphatic rings. The summed E-state index contributed by atoms with van der Waals surface area (Å²) in [5.74, 6) is -0.175. The summed E-state index contributed by atoms with van der Waals surface area (Å²) in [4.78, 5) is 8.53. The Hall–Kier alpha value is -2.49. The first-order valence-electron chi connectivity index (χ1n) is 6.87. The van der Waals surface area contributed by atoms with Gasteiger partial charge in [-0.15, -0.1) is 0 Å². The van der Waals surface area contributed by atoms with E-state index in [0.717, 1.165) is 22.3 Å². The van der Waals surface area contributed by atoms with Gasteiger partial charge in [0, 0.05) is 24.1 Å². The maximum atomic E-state index is 13.6. The molecule has 0 spiro atoms. The normalized spacial score (nSPS) is 12.3. The number of hydrogen-bond acceptors (Lipinski definition) is 3. The van der Waals surface area contributed by atoms with Crippen LogP contribution in [0.4, 0.5) is 10.1 Å². The second kappa shape index (κ2) is 5.48. The Bertz CT molecular complexity index is 786. The van der Waals surface area contributed by atoms with Crippen LogP contribution in [-0.2, 0) is 0 Å². The van der Waals surface area contributed by atoms with Crippen molar-refractivity contribution in [2.45, 2.75) is 19.9 Å². The minimum Gasteiger partial charge on any atom is -0.378 e. The highest BCUT2D eigenvalue weighted by Crippen LogP contribution is 2.23. The number of halogens is 1. The number of benzene rings is 2. The molecule has 3 nitrogen and oxygen atoms in total. The van der Waals surface area contributed by atoms with E-state index in [4.69, 9.17) is 0 Å². The van der Waals surface area contributed by atoms with Gasteiger partial charge in [-0.05, 0) is 49.2 Å². The zero-order valence-corrected chi connectivity index (χ0v) is 12.0. The van der Waals surface area contributed by atoms with Gasteiger partial charge >= 0.3 is 0 Å². The molecule has 0 saturated carbocycles. The van der Waals surface area contributed by atoms with Crippen molar-refractivity contribution in [1.82, 2.24) is 9.97 Å². The lowest BCUT2D eigenvalue weighted by molar-refractivity contribution is 0.614. The molecule has 0 amide bonds. The third-order valence-electron chi connectivity index (χ3n) is 3.55. The van der Waals surface area contributed by atoms with E-state index in [-0.39, 0.29) is 11.9 Å². The van der Waals surface area contributed by atoms with Crippen LogP contribution in [0.3, 0.4) is 0 Å². The molecule has 0 bridgehead atoms. The van der Waals surface area contributed by atoms with E-state index >= 15 is 0 Å². The molecule has 1 unspecified atom stereocenters. The van der Waals surface area contributed by atoms with E-state index in [1.807, 2.05) is 31.2 Å². The average Bonchev–Trinajstić information content (AvgIpc) is 2.50. The Labute approximate surface area is 122 Å². The van der Waals surface area contributed by atoms with Crippen LogP contribution in [0.5, 0.6) is 0 Å². The lowest BCUT2D eigenvalue weighted by atomic mass is 10.1. The minimum absolute atomic E-state index is 0.00854. The second-order valence-corrected chi connectivity index (χ2v) is 5.13. The largest absolute Gasteiger partial charge is 0.378 e. The predicted molar refractivity (Wildman–Crippen MR) is 82.7 cm³/mol. The van der Waals surface area contributed by atoms with Crippen LogP contribution >= 0.6 is 0 Å². The molecular weight excluding hydrogens is 265 g/mol. The van der Waals surface area contributed by atoms with Crippen LogP contribution in [0, 0.1) is 12.7 Å². The van der Waals surface area contributed by atoms with Gasteiger partial charge in [-0.1, -0.05) is 12.1 Å². The van der Waals surface area contributed by atoms with Crippen LogP contribution < -0.4 is 5.32 Å². The molecule has 4 heteroatoms. The van der Waals surface area contributed by atoms with Gasteiger partial charge in [-0.3, -0.25) is 9.97 Å². The number of fused-ring (bicyclic) bond motifs is 1. The smallest absolute Gasteiger partial charge is 0.126 e. The van der Waals surface area contributed by atoms with Crippen molar-refractivity contribution in [3.63, 3.8) is 0 Å². The molecule has 0 radical (unpaired) electrons. The van der Waals surface area contributed by atoms with E-state index in [9.17, 15) is 4.39 Å². The topological polar surface area (TPSA) is 37.8 Å². The molecule has 21 heavy (non-hydrogen) atoms. The lowest BCUT2D eigenvalue weighted by Crippen LogP contribution is -2.07. The second-order valence-electron chi connectivity index (χ2n) is 5.13. The summed E-state index contributed by atoms with van der Waals surface area (Å²) in [5.41, 5.74) is 4.21. The fourth-order valence-electron chi connectivity index (χ4n) is 2.26. The van der Waals surface area contributed by atoms with Crippen molar-refractivity contribution in [2.24, 2.45) is 0 Å². The number of rotatable bonds is 3. The van der Waals surface area contributed by atoms with E-state index < -0.39 is 0 Å². The molecule has 2 aromatic carbocycles. The van der Waals surface area contributed by atoms with Crippen molar-refractivity contribution < 1.29 is 4.39 Å². The molecule has 3 aromatic rings. The number of aromatic nitrogens is 2. The first-order chi connectivity index (χ1) is 10.1. The Morgan fingerprint density at radius 1 is 1.00 bits per heavy atom. The Morgan fingerprint density at radius 2 is 1.76 bits per heavy atom. The van der Waals surface area contributed by atoms with Crippen LogP contribution in [0.2, 0.25) is 0 Å². The molecule has 1 N–H and O–H groups in total. The summed E-state index contributed by atoms with van der Waals surface area (Å²) in [6.45, 7) is 3.77. The third-order valence-corrected chi connectivity index (χ3v) is 3.55. The summed E-state index contributed by atoms with van der Waals surface area (Å²) in [6.07, 6.45) is 3.35. The average molecular weight is 281 g/mol. The number of anilines is 1. The molecule has 1 aromatic heterocycles. The maximum absolute atomic E-state index is 13.6. The zero-order chi connectivity index (χ0) is 14.8. The van der Waals surface area contributed by atoms with Crippen molar-refractivity contribution in [2.75, 3.05) is 5.32 Å². The van der Waals surface area contributed by atoms with Gasteiger partial charge in [-0.2, -0.15) is 0 Å². The van der Waals surface area contributed by atoms with Crippen molar-refractivity contribution in [3.8, 4) is 0 Å². The van der Waals surface area contributed by atoms with Crippen LogP contribution in [0.1, 0.15) is 24.1 Å². The van der Waals surface area contributed by atoms with Gasteiger partial charge in [0.05, 0.1) is 11.0 Å². The molecule has 0 aliphatic heterocycles. The quantitative estimate of drug-likeness (QED) is 0.780. The first-order valence-corrected chi connectivity index (χ1v) is 6.87. The van der Waals surface area contributed by atoms with Crippen molar-refractivity contribution >= 4 is 16.7 Å². The van der Waals surface area contributed by atoms with Crippen LogP contribution in [-0.4, -0.2) is 9.97 Å². The number of hydrogen-bond donors (Lipinski definition) is 1. The lowest BCUT2D eigenvalue weighted by Gasteiger charge is -2.16. The molecule has 1 heterocycles. The highest BCUT2D eigenvalue weighted by Gasteiger charge is 2.08. The summed E-state index contributed by atoms with van der Waals surface area (Å²) in [5, 5.41) is 3.36. The Balaban J connectivity index is 1.85. The van der Waals surface area contributed by atoms with Crippen molar-refractivity contribution in [1.29, 1.82) is 0 Å². The third kappa shape index (κ3) is 2.84. The molecule has 0 saturated heterocycles. The standard InChI is InChI=1S/C17H16FN3/c1-11-3-4-13(9-15(11)18)12(2)21-14-5-6-16-17(10-14)20-8-7-19-16/h3-10,12,21H,1-2H3. The fourth-order valence-corrected chi connectivity index (χ4v) is 2.26. The summed E-state index contributed by atoms with van der Waals surface area (Å²) >= 11 is 0. The monoisotopic (exact) mass is 281 g/mol. The molecule has 3 rings (SSSR count).